The number of aromatic amines is 1. The molecule has 27 heavy (non-hydrogen) atoms. The zero-order valence-electron chi connectivity index (χ0n) is 16.8. The molecule has 5 nitrogen and oxygen atoms in total. The highest BCUT2D eigenvalue weighted by Crippen LogP contribution is 2.37. The molecule has 3 heterocycles. The number of amides is 1. The van der Waals surface area contributed by atoms with Crippen molar-refractivity contribution in [1.82, 2.24) is 15.0 Å². The molecule has 0 aliphatic carbocycles. The third-order valence-electron chi connectivity index (χ3n) is 6.01. The largest absolute Gasteiger partial charge is 0.361 e. The highest BCUT2D eigenvalue weighted by molar-refractivity contribution is 5.94. The molecule has 5 heteroatoms. The van der Waals surface area contributed by atoms with Crippen LogP contribution in [0.25, 0.3) is 10.9 Å². The lowest BCUT2D eigenvalue weighted by Crippen LogP contribution is -2.32. The van der Waals surface area contributed by atoms with Crippen LogP contribution in [-0.4, -0.2) is 27.5 Å². The Kier molecular flexibility index (Phi) is 4.33. The summed E-state index contributed by atoms with van der Waals surface area (Å²) in [4.78, 5) is 18.8. The van der Waals surface area contributed by atoms with Crippen molar-refractivity contribution < 1.29 is 9.32 Å². The zero-order chi connectivity index (χ0) is 19.3. The minimum Gasteiger partial charge on any atom is -0.361 e. The predicted molar refractivity (Wildman–Crippen MR) is 106 cm³/mol. The topological polar surface area (TPSA) is 62.1 Å². The van der Waals surface area contributed by atoms with E-state index < -0.39 is 0 Å². The van der Waals surface area contributed by atoms with Crippen molar-refractivity contribution in [3.8, 4) is 0 Å². The SMILES string of the molecule is Cc1noc(C)c1C1CCCN1C(=O)Cc1c(C)[nH]c2c(C)ccc(C)c12. The molecule has 3 aromatic rings. The maximum absolute atomic E-state index is 13.3. The quantitative estimate of drug-likeness (QED) is 0.737. The number of aryl methyl sites for hydroxylation is 5. The van der Waals surface area contributed by atoms with Gasteiger partial charge in [0.2, 0.25) is 5.91 Å². The highest BCUT2D eigenvalue weighted by atomic mass is 16.5. The van der Waals surface area contributed by atoms with E-state index in [1.165, 1.54) is 16.5 Å². The van der Waals surface area contributed by atoms with E-state index in [0.29, 0.717) is 6.42 Å². The van der Waals surface area contributed by atoms with Gasteiger partial charge in [0.05, 0.1) is 18.2 Å². The molecule has 1 N–H and O–H groups in total. The number of nitrogens with one attached hydrogen (secondary N) is 1. The van der Waals surface area contributed by atoms with Crippen LogP contribution in [0.4, 0.5) is 0 Å². The number of aromatic nitrogens is 2. The maximum Gasteiger partial charge on any atom is 0.227 e. The molecule has 0 radical (unpaired) electrons. The van der Waals surface area contributed by atoms with Crippen molar-refractivity contribution in [3.05, 3.63) is 51.5 Å². The molecule has 1 aliphatic heterocycles. The minimum atomic E-state index is 0.0806. The molecule has 4 rings (SSSR count). The van der Waals surface area contributed by atoms with Gasteiger partial charge in [-0.05, 0) is 64.2 Å². The predicted octanol–water partition coefficient (Wildman–Crippen LogP) is 4.60. The summed E-state index contributed by atoms with van der Waals surface area (Å²) in [5, 5.41) is 5.29. The van der Waals surface area contributed by atoms with Crippen LogP contribution in [0.3, 0.4) is 0 Å². The van der Waals surface area contributed by atoms with E-state index in [1.807, 2.05) is 18.7 Å². The molecule has 0 spiro atoms. The summed E-state index contributed by atoms with van der Waals surface area (Å²) in [5.41, 5.74) is 7.78. The second kappa shape index (κ2) is 6.55. The Morgan fingerprint density at radius 1 is 1.22 bits per heavy atom. The summed E-state index contributed by atoms with van der Waals surface area (Å²) < 4.78 is 5.35. The molecule has 1 aromatic carbocycles. The fraction of sp³-hybridized carbons (Fsp3) is 0.455. The molecule has 0 bridgehead atoms. The number of benzene rings is 1. The number of fused-ring (bicyclic) bond motifs is 1. The van der Waals surface area contributed by atoms with Gasteiger partial charge in [-0.25, -0.2) is 0 Å². The van der Waals surface area contributed by atoms with Crippen molar-refractivity contribution in [3.63, 3.8) is 0 Å². The third kappa shape index (κ3) is 2.85. The number of H-pyrrole nitrogens is 1. The Morgan fingerprint density at radius 2 is 1.96 bits per heavy atom. The van der Waals surface area contributed by atoms with E-state index >= 15 is 0 Å². The van der Waals surface area contributed by atoms with Crippen LogP contribution in [0.2, 0.25) is 0 Å². The average Bonchev–Trinajstić information content (AvgIpc) is 3.30. The number of hydrogen-bond acceptors (Lipinski definition) is 3. The standard InChI is InChI=1S/C22H27N3O2/c1-12-8-9-13(2)22-20(12)17(14(3)23-22)11-19(26)25-10-6-7-18(25)21-15(4)24-27-16(21)5/h8-9,18,23H,6-7,10-11H2,1-5H3. The van der Waals surface area contributed by atoms with Crippen molar-refractivity contribution in [2.75, 3.05) is 6.54 Å². The normalized spacial score (nSPS) is 17.2. The monoisotopic (exact) mass is 365 g/mol. The van der Waals surface area contributed by atoms with Crippen molar-refractivity contribution in [2.45, 2.75) is 59.9 Å². The Balaban J connectivity index is 1.68. The molecule has 0 saturated carbocycles. The summed E-state index contributed by atoms with van der Waals surface area (Å²) in [5.74, 6) is 1.01. The zero-order valence-corrected chi connectivity index (χ0v) is 16.8. The molecule has 1 atom stereocenters. The third-order valence-corrected chi connectivity index (χ3v) is 6.01. The van der Waals surface area contributed by atoms with Gasteiger partial charge in [-0.2, -0.15) is 0 Å². The first-order valence-corrected chi connectivity index (χ1v) is 9.68. The Morgan fingerprint density at radius 3 is 2.67 bits per heavy atom. The summed E-state index contributed by atoms with van der Waals surface area (Å²) in [7, 11) is 0. The summed E-state index contributed by atoms with van der Waals surface area (Å²) in [6.07, 6.45) is 2.42. The van der Waals surface area contributed by atoms with Crippen LogP contribution in [0.1, 0.15) is 58.3 Å². The molecule has 1 amide bonds. The van der Waals surface area contributed by atoms with Crippen molar-refractivity contribution >= 4 is 16.8 Å². The van der Waals surface area contributed by atoms with E-state index in [4.69, 9.17) is 4.52 Å². The lowest BCUT2D eigenvalue weighted by Gasteiger charge is -2.25. The maximum atomic E-state index is 13.3. The van der Waals surface area contributed by atoms with Gasteiger partial charge in [-0.1, -0.05) is 17.3 Å². The van der Waals surface area contributed by atoms with Crippen molar-refractivity contribution in [2.24, 2.45) is 0 Å². The van der Waals surface area contributed by atoms with E-state index in [1.54, 1.807) is 0 Å². The average molecular weight is 365 g/mol. The molecule has 2 aromatic heterocycles. The highest BCUT2D eigenvalue weighted by Gasteiger charge is 2.34. The lowest BCUT2D eigenvalue weighted by atomic mass is 9.99. The summed E-state index contributed by atoms with van der Waals surface area (Å²) in [6, 6.07) is 4.35. The van der Waals surface area contributed by atoms with Gasteiger partial charge in [0.15, 0.2) is 0 Å². The number of nitrogens with zero attached hydrogens (tertiary/aromatic N) is 2. The van der Waals surface area contributed by atoms with Gasteiger partial charge in [0, 0.05) is 28.7 Å². The van der Waals surface area contributed by atoms with E-state index in [0.717, 1.165) is 53.2 Å². The molecule has 1 fully saturated rings. The number of carbonyl (C=O) groups excluding carboxylic acids is 1. The van der Waals surface area contributed by atoms with E-state index in [9.17, 15) is 4.79 Å². The molecule has 1 aliphatic rings. The summed E-state index contributed by atoms with van der Waals surface area (Å²) >= 11 is 0. The number of rotatable bonds is 3. The molecular formula is C22H27N3O2. The van der Waals surface area contributed by atoms with Crippen LogP contribution in [0.5, 0.6) is 0 Å². The van der Waals surface area contributed by atoms with E-state index in [-0.39, 0.29) is 11.9 Å². The Labute approximate surface area is 159 Å². The van der Waals surface area contributed by atoms with Crippen LogP contribution in [0.15, 0.2) is 16.7 Å². The molecule has 1 unspecified atom stereocenters. The second-order valence-electron chi connectivity index (χ2n) is 7.84. The van der Waals surface area contributed by atoms with Crippen LogP contribution >= 0.6 is 0 Å². The fourth-order valence-electron chi connectivity index (χ4n) is 4.62. The molecule has 1 saturated heterocycles. The first kappa shape index (κ1) is 17.8. The van der Waals surface area contributed by atoms with Gasteiger partial charge in [0.25, 0.3) is 0 Å². The van der Waals surface area contributed by atoms with Crippen LogP contribution in [-0.2, 0) is 11.2 Å². The van der Waals surface area contributed by atoms with Crippen LogP contribution < -0.4 is 0 Å². The Bertz CT molecular complexity index is 1010. The second-order valence-corrected chi connectivity index (χ2v) is 7.84. The molecule has 142 valence electrons. The first-order valence-electron chi connectivity index (χ1n) is 9.68. The number of likely N-dealkylation sites (tertiary alicyclic amines) is 1. The fourth-order valence-corrected chi connectivity index (χ4v) is 4.62. The summed E-state index contributed by atoms with van der Waals surface area (Å²) in [6.45, 7) is 11.0. The van der Waals surface area contributed by atoms with Gasteiger partial charge in [-0.15, -0.1) is 0 Å². The van der Waals surface area contributed by atoms with Crippen LogP contribution in [0, 0.1) is 34.6 Å². The van der Waals surface area contributed by atoms with Gasteiger partial charge < -0.3 is 14.4 Å². The van der Waals surface area contributed by atoms with Gasteiger partial charge in [-0.3, -0.25) is 4.79 Å². The number of carbonyl (C=O) groups is 1. The van der Waals surface area contributed by atoms with Gasteiger partial charge >= 0.3 is 0 Å². The Hall–Kier alpha value is -2.56. The van der Waals surface area contributed by atoms with Gasteiger partial charge in [0.1, 0.15) is 5.76 Å². The smallest absolute Gasteiger partial charge is 0.227 e. The van der Waals surface area contributed by atoms with Crippen molar-refractivity contribution in [1.29, 1.82) is 0 Å². The lowest BCUT2D eigenvalue weighted by molar-refractivity contribution is -0.131. The molecular weight excluding hydrogens is 338 g/mol. The van der Waals surface area contributed by atoms with E-state index in [2.05, 4.69) is 43.0 Å². The minimum absolute atomic E-state index is 0.0806. The first-order chi connectivity index (χ1) is 12.9. The number of hydrogen-bond donors (Lipinski definition) is 1.